The Hall–Kier alpha value is -2.90. The number of benzene rings is 1. The molecule has 126 valence electrons. The third-order valence-corrected chi connectivity index (χ3v) is 3.55. The number of nitrogens with zero attached hydrogens (tertiary/aromatic N) is 1. The molecule has 0 radical (unpaired) electrons. The summed E-state index contributed by atoms with van der Waals surface area (Å²) in [7, 11) is 0. The molecule has 0 aliphatic carbocycles. The van der Waals surface area contributed by atoms with E-state index in [4.69, 9.17) is 5.73 Å². The van der Waals surface area contributed by atoms with Crippen LogP contribution in [0.4, 0.5) is 13.2 Å². The van der Waals surface area contributed by atoms with Crippen molar-refractivity contribution in [1.29, 1.82) is 0 Å². The molecule has 1 atom stereocenters. The molecule has 3 N–H and O–H groups in total. The van der Waals surface area contributed by atoms with Gasteiger partial charge in [-0.1, -0.05) is 12.1 Å². The molecular formula is C16H14F3N3O2. The molecule has 8 heteroatoms. The lowest BCUT2D eigenvalue weighted by Gasteiger charge is -2.28. The molecule has 1 unspecified atom stereocenters. The number of nitrogens with two attached hydrogens (primary N) is 1. The summed E-state index contributed by atoms with van der Waals surface area (Å²) in [6, 6.07) is 7.07. The van der Waals surface area contributed by atoms with E-state index in [1.165, 1.54) is 37.5 Å². The van der Waals surface area contributed by atoms with Gasteiger partial charge in [0.2, 0.25) is 5.91 Å². The summed E-state index contributed by atoms with van der Waals surface area (Å²) in [6.45, 7) is 1.25. The van der Waals surface area contributed by atoms with E-state index in [9.17, 15) is 22.8 Å². The summed E-state index contributed by atoms with van der Waals surface area (Å²) in [4.78, 5) is 27.9. The maximum absolute atomic E-state index is 12.9. The summed E-state index contributed by atoms with van der Waals surface area (Å²) >= 11 is 0. The highest BCUT2D eigenvalue weighted by Crippen LogP contribution is 2.32. The number of nitrogens with one attached hydrogen (secondary N) is 1. The van der Waals surface area contributed by atoms with Crippen LogP contribution in [0.2, 0.25) is 0 Å². The van der Waals surface area contributed by atoms with Crippen molar-refractivity contribution in [2.45, 2.75) is 18.6 Å². The predicted octanol–water partition coefficient (Wildman–Crippen LogP) is 2.23. The second-order valence-electron chi connectivity index (χ2n) is 5.26. The van der Waals surface area contributed by atoms with Gasteiger partial charge in [0.25, 0.3) is 5.91 Å². The van der Waals surface area contributed by atoms with E-state index >= 15 is 0 Å². The van der Waals surface area contributed by atoms with Crippen LogP contribution in [0.1, 0.15) is 28.4 Å². The molecule has 0 bridgehead atoms. The second kappa shape index (κ2) is 6.31. The Morgan fingerprint density at radius 2 is 1.79 bits per heavy atom. The van der Waals surface area contributed by atoms with Gasteiger partial charge in [0.1, 0.15) is 5.54 Å². The molecule has 0 spiro atoms. The van der Waals surface area contributed by atoms with Crippen LogP contribution in [0.3, 0.4) is 0 Å². The van der Waals surface area contributed by atoms with Gasteiger partial charge in [-0.05, 0) is 36.8 Å². The van der Waals surface area contributed by atoms with Gasteiger partial charge in [-0.3, -0.25) is 14.6 Å². The number of carbonyl (C=O) groups excluding carboxylic acids is 2. The Bertz CT molecular complexity index is 763. The van der Waals surface area contributed by atoms with Crippen LogP contribution in [0, 0.1) is 0 Å². The Morgan fingerprint density at radius 1 is 1.12 bits per heavy atom. The van der Waals surface area contributed by atoms with Crippen LogP contribution >= 0.6 is 0 Å². The maximum atomic E-state index is 12.9. The Morgan fingerprint density at radius 3 is 2.33 bits per heavy atom. The van der Waals surface area contributed by atoms with Crippen molar-refractivity contribution < 1.29 is 22.8 Å². The van der Waals surface area contributed by atoms with Gasteiger partial charge in [-0.15, -0.1) is 0 Å². The molecule has 5 nitrogen and oxygen atoms in total. The Kier molecular flexibility index (Phi) is 4.59. The minimum absolute atomic E-state index is 0.0675. The molecule has 2 aromatic rings. The van der Waals surface area contributed by atoms with Crippen molar-refractivity contribution in [2.24, 2.45) is 5.73 Å². The SMILES string of the molecule is CC(NC(=O)c1cccnc1)(C(N)=O)c1cccc(C(F)(F)F)c1. The molecule has 1 aromatic carbocycles. The predicted molar refractivity (Wildman–Crippen MR) is 79.7 cm³/mol. The molecule has 0 saturated carbocycles. The molecule has 0 aliphatic rings. The monoisotopic (exact) mass is 337 g/mol. The van der Waals surface area contributed by atoms with Crippen LogP contribution in [-0.4, -0.2) is 16.8 Å². The van der Waals surface area contributed by atoms with Gasteiger partial charge in [-0.25, -0.2) is 0 Å². The first-order valence-electron chi connectivity index (χ1n) is 6.85. The minimum atomic E-state index is -4.58. The largest absolute Gasteiger partial charge is 0.416 e. The van der Waals surface area contributed by atoms with Gasteiger partial charge in [-0.2, -0.15) is 13.2 Å². The second-order valence-corrected chi connectivity index (χ2v) is 5.26. The lowest BCUT2D eigenvalue weighted by molar-refractivity contribution is -0.137. The first-order chi connectivity index (χ1) is 11.1. The lowest BCUT2D eigenvalue weighted by atomic mass is 9.89. The third-order valence-electron chi connectivity index (χ3n) is 3.55. The molecule has 0 fully saturated rings. The third kappa shape index (κ3) is 3.53. The van der Waals surface area contributed by atoms with Crippen LogP contribution in [-0.2, 0) is 16.5 Å². The zero-order chi connectivity index (χ0) is 18.0. The normalized spacial score (nSPS) is 13.8. The standard InChI is InChI=1S/C16H14F3N3O2/c1-15(14(20)24,22-13(23)10-4-3-7-21-9-10)11-5-2-6-12(8-11)16(17,18)19/h2-9H,1H3,(H2,20,24)(H,22,23). The van der Waals surface area contributed by atoms with E-state index in [2.05, 4.69) is 10.3 Å². The molecular weight excluding hydrogens is 323 g/mol. The number of pyridine rings is 1. The molecule has 24 heavy (non-hydrogen) atoms. The van der Waals surface area contributed by atoms with Crippen LogP contribution in [0.15, 0.2) is 48.8 Å². The summed E-state index contributed by atoms with van der Waals surface area (Å²) in [5.41, 5.74) is 2.67. The molecule has 1 aromatic heterocycles. The van der Waals surface area contributed by atoms with Crippen molar-refractivity contribution in [2.75, 3.05) is 0 Å². The van der Waals surface area contributed by atoms with Gasteiger partial charge in [0.05, 0.1) is 11.1 Å². The smallest absolute Gasteiger partial charge is 0.367 e. The van der Waals surface area contributed by atoms with Crippen molar-refractivity contribution >= 4 is 11.8 Å². The van der Waals surface area contributed by atoms with Crippen molar-refractivity contribution in [3.63, 3.8) is 0 Å². The first-order valence-corrected chi connectivity index (χ1v) is 6.85. The maximum Gasteiger partial charge on any atom is 0.416 e. The first kappa shape index (κ1) is 17.5. The van der Waals surface area contributed by atoms with E-state index < -0.39 is 29.1 Å². The van der Waals surface area contributed by atoms with Gasteiger partial charge in [0, 0.05) is 12.4 Å². The number of hydrogen-bond acceptors (Lipinski definition) is 3. The number of hydrogen-bond donors (Lipinski definition) is 2. The molecule has 2 amide bonds. The van der Waals surface area contributed by atoms with Gasteiger partial charge in [0.15, 0.2) is 0 Å². The average molecular weight is 337 g/mol. The molecule has 0 aliphatic heterocycles. The minimum Gasteiger partial charge on any atom is -0.367 e. The zero-order valence-electron chi connectivity index (χ0n) is 12.6. The van der Waals surface area contributed by atoms with Crippen molar-refractivity contribution in [3.05, 3.63) is 65.5 Å². The van der Waals surface area contributed by atoms with E-state index in [-0.39, 0.29) is 11.1 Å². The molecule has 0 saturated heterocycles. The number of rotatable bonds is 4. The van der Waals surface area contributed by atoms with E-state index in [1.807, 2.05) is 0 Å². The molecule has 1 heterocycles. The van der Waals surface area contributed by atoms with E-state index in [0.29, 0.717) is 0 Å². The number of amides is 2. The van der Waals surface area contributed by atoms with E-state index in [1.54, 1.807) is 0 Å². The van der Waals surface area contributed by atoms with Crippen LogP contribution in [0.25, 0.3) is 0 Å². The average Bonchev–Trinajstić information content (AvgIpc) is 2.54. The fourth-order valence-electron chi connectivity index (χ4n) is 2.08. The number of primary amides is 1. The fourth-order valence-corrected chi connectivity index (χ4v) is 2.08. The number of aromatic nitrogens is 1. The summed E-state index contributed by atoms with van der Waals surface area (Å²) in [5, 5.41) is 2.38. The van der Waals surface area contributed by atoms with Crippen LogP contribution in [0.5, 0.6) is 0 Å². The molecule has 2 rings (SSSR count). The highest BCUT2D eigenvalue weighted by molar-refractivity contribution is 5.98. The Balaban J connectivity index is 2.41. The number of carbonyl (C=O) groups is 2. The summed E-state index contributed by atoms with van der Waals surface area (Å²) in [6.07, 6.45) is -1.86. The zero-order valence-corrected chi connectivity index (χ0v) is 12.6. The lowest BCUT2D eigenvalue weighted by Crippen LogP contribution is -2.52. The quantitative estimate of drug-likeness (QED) is 0.897. The number of alkyl halides is 3. The highest BCUT2D eigenvalue weighted by Gasteiger charge is 2.38. The fraction of sp³-hybridized carbons (Fsp3) is 0.188. The van der Waals surface area contributed by atoms with Crippen molar-refractivity contribution in [1.82, 2.24) is 10.3 Å². The van der Waals surface area contributed by atoms with Gasteiger partial charge >= 0.3 is 6.18 Å². The Labute approximate surface area is 135 Å². The van der Waals surface area contributed by atoms with Gasteiger partial charge < -0.3 is 11.1 Å². The van der Waals surface area contributed by atoms with Crippen LogP contribution < -0.4 is 11.1 Å². The highest BCUT2D eigenvalue weighted by atomic mass is 19.4. The summed E-state index contributed by atoms with van der Waals surface area (Å²) < 4.78 is 38.6. The number of halogens is 3. The summed E-state index contributed by atoms with van der Waals surface area (Å²) in [5.74, 6) is -1.67. The van der Waals surface area contributed by atoms with Crippen molar-refractivity contribution in [3.8, 4) is 0 Å². The van der Waals surface area contributed by atoms with E-state index in [0.717, 1.165) is 18.2 Å². The topological polar surface area (TPSA) is 85.1 Å².